The molecule has 0 aromatic heterocycles. The molecule has 2 fully saturated rings. The molecule has 0 aromatic rings. The molecule has 0 saturated carbocycles. The fourth-order valence-electron chi connectivity index (χ4n) is 3.40. The number of carbonyl (C=O) groups excluding carboxylic acids is 2. The molecule has 96 valence electrons. The van der Waals surface area contributed by atoms with Crippen LogP contribution in [0.1, 0.15) is 26.7 Å². The molecule has 5 heteroatoms. The number of carbonyl (C=O) groups is 2. The third kappa shape index (κ3) is 1.41. The predicted octanol–water partition coefficient (Wildman–Crippen LogP) is 0.906. The van der Waals surface area contributed by atoms with Crippen LogP contribution in [0.3, 0.4) is 0 Å². The Morgan fingerprint density at radius 2 is 1.88 bits per heavy atom. The standard InChI is InChI=1S/C12H18O5/c1-11-6-5-7(17-11)12(2,10(14)16-4)8(11)9(13)15-3/h7-8H,5-6H2,1-4H3. The molecule has 2 saturated heterocycles. The van der Waals surface area contributed by atoms with Crippen molar-refractivity contribution in [1.82, 2.24) is 0 Å². The summed E-state index contributed by atoms with van der Waals surface area (Å²) in [6, 6.07) is 0. The summed E-state index contributed by atoms with van der Waals surface area (Å²) in [5, 5.41) is 0. The zero-order valence-corrected chi connectivity index (χ0v) is 10.6. The first kappa shape index (κ1) is 12.4. The highest BCUT2D eigenvalue weighted by atomic mass is 16.6. The summed E-state index contributed by atoms with van der Waals surface area (Å²) < 4.78 is 15.5. The highest BCUT2D eigenvalue weighted by molar-refractivity contribution is 5.87. The van der Waals surface area contributed by atoms with Crippen LogP contribution in [0.5, 0.6) is 0 Å². The van der Waals surface area contributed by atoms with Gasteiger partial charge in [-0.05, 0) is 26.7 Å². The van der Waals surface area contributed by atoms with Gasteiger partial charge in [0, 0.05) is 0 Å². The molecule has 4 atom stereocenters. The molecule has 0 aliphatic carbocycles. The Morgan fingerprint density at radius 1 is 1.24 bits per heavy atom. The van der Waals surface area contributed by atoms with Gasteiger partial charge in [-0.3, -0.25) is 9.59 Å². The first-order chi connectivity index (χ1) is 7.90. The van der Waals surface area contributed by atoms with E-state index in [-0.39, 0.29) is 6.10 Å². The molecule has 2 bridgehead atoms. The van der Waals surface area contributed by atoms with Gasteiger partial charge in [-0.25, -0.2) is 0 Å². The minimum atomic E-state index is -0.936. The summed E-state index contributed by atoms with van der Waals surface area (Å²) >= 11 is 0. The maximum Gasteiger partial charge on any atom is 0.315 e. The van der Waals surface area contributed by atoms with E-state index in [9.17, 15) is 9.59 Å². The lowest BCUT2D eigenvalue weighted by Gasteiger charge is -2.37. The van der Waals surface area contributed by atoms with Crippen molar-refractivity contribution in [3.05, 3.63) is 0 Å². The van der Waals surface area contributed by atoms with Crippen molar-refractivity contribution in [2.45, 2.75) is 38.4 Å². The summed E-state index contributed by atoms with van der Waals surface area (Å²) in [6.07, 6.45) is 1.28. The van der Waals surface area contributed by atoms with E-state index in [1.54, 1.807) is 6.92 Å². The van der Waals surface area contributed by atoms with Gasteiger partial charge in [0.25, 0.3) is 0 Å². The van der Waals surface area contributed by atoms with Crippen LogP contribution in [0.4, 0.5) is 0 Å². The third-order valence-corrected chi connectivity index (χ3v) is 4.26. The van der Waals surface area contributed by atoms with Crippen LogP contribution in [-0.2, 0) is 23.8 Å². The predicted molar refractivity (Wildman–Crippen MR) is 58.1 cm³/mol. The van der Waals surface area contributed by atoms with Crippen LogP contribution in [0.25, 0.3) is 0 Å². The van der Waals surface area contributed by atoms with Gasteiger partial charge in [-0.15, -0.1) is 0 Å². The molecule has 0 N–H and O–H groups in total. The number of hydrogen-bond acceptors (Lipinski definition) is 5. The van der Waals surface area contributed by atoms with Crippen LogP contribution >= 0.6 is 0 Å². The summed E-state index contributed by atoms with van der Waals surface area (Å²) in [6.45, 7) is 3.60. The van der Waals surface area contributed by atoms with Gasteiger partial charge in [0.05, 0.1) is 25.9 Å². The fourth-order valence-corrected chi connectivity index (χ4v) is 3.40. The second-order valence-corrected chi connectivity index (χ2v) is 5.19. The van der Waals surface area contributed by atoms with Crippen LogP contribution in [0.2, 0.25) is 0 Å². The molecule has 5 nitrogen and oxygen atoms in total. The van der Waals surface area contributed by atoms with Gasteiger partial charge in [0.1, 0.15) is 11.3 Å². The van der Waals surface area contributed by atoms with Gasteiger partial charge in [-0.2, -0.15) is 0 Å². The lowest BCUT2D eigenvalue weighted by molar-refractivity contribution is -0.167. The van der Waals surface area contributed by atoms with Crippen LogP contribution < -0.4 is 0 Å². The van der Waals surface area contributed by atoms with E-state index in [1.807, 2.05) is 6.92 Å². The molecule has 0 radical (unpaired) electrons. The smallest absolute Gasteiger partial charge is 0.315 e. The number of hydrogen-bond donors (Lipinski definition) is 0. The van der Waals surface area contributed by atoms with E-state index in [2.05, 4.69) is 0 Å². The molecular formula is C12H18O5. The average Bonchev–Trinajstić information content (AvgIpc) is 2.79. The Bertz CT molecular complexity index is 366. The Morgan fingerprint density at radius 3 is 2.41 bits per heavy atom. The van der Waals surface area contributed by atoms with Crippen LogP contribution in [-0.4, -0.2) is 37.9 Å². The normalized spacial score (nSPS) is 43.5. The summed E-state index contributed by atoms with van der Waals surface area (Å²) in [7, 11) is 2.66. The summed E-state index contributed by atoms with van der Waals surface area (Å²) in [5.41, 5.74) is -1.55. The highest BCUT2D eigenvalue weighted by Crippen LogP contribution is 2.58. The molecular weight excluding hydrogens is 224 g/mol. The first-order valence-corrected chi connectivity index (χ1v) is 5.74. The van der Waals surface area contributed by atoms with E-state index in [0.717, 1.165) is 12.8 Å². The fraction of sp³-hybridized carbons (Fsp3) is 0.833. The largest absolute Gasteiger partial charge is 0.469 e. The maximum atomic E-state index is 12.0. The van der Waals surface area contributed by atoms with Crippen molar-refractivity contribution in [2.24, 2.45) is 11.3 Å². The molecule has 2 rings (SSSR count). The molecule has 2 heterocycles. The number of rotatable bonds is 2. The summed E-state index contributed by atoms with van der Waals surface area (Å²) in [5.74, 6) is -1.39. The highest BCUT2D eigenvalue weighted by Gasteiger charge is 2.70. The van der Waals surface area contributed by atoms with Gasteiger partial charge in [-0.1, -0.05) is 0 Å². The molecule has 17 heavy (non-hydrogen) atoms. The number of methoxy groups -OCH3 is 2. The van der Waals surface area contributed by atoms with Crippen molar-refractivity contribution in [1.29, 1.82) is 0 Å². The van der Waals surface area contributed by atoms with E-state index >= 15 is 0 Å². The Kier molecular flexibility index (Phi) is 2.69. The molecule has 2 aliphatic rings. The number of fused-ring (bicyclic) bond motifs is 2. The first-order valence-electron chi connectivity index (χ1n) is 5.74. The van der Waals surface area contributed by atoms with E-state index < -0.39 is 28.9 Å². The minimum absolute atomic E-state index is 0.260. The molecule has 2 aliphatic heterocycles. The lowest BCUT2D eigenvalue weighted by Crippen LogP contribution is -2.51. The van der Waals surface area contributed by atoms with Crippen molar-refractivity contribution in [3.8, 4) is 0 Å². The van der Waals surface area contributed by atoms with Gasteiger partial charge in [0.2, 0.25) is 0 Å². The van der Waals surface area contributed by atoms with Crippen molar-refractivity contribution in [3.63, 3.8) is 0 Å². The van der Waals surface area contributed by atoms with Crippen LogP contribution in [0, 0.1) is 11.3 Å². The minimum Gasteiger partial charge on any atom is -0.469 e. The number of esters is 2. The van der Waals surface area contributed by atoms with Gasteiger partial charge in [0.15, 0.2) is 0 Å². The van der Waals surface area contributed by atoms with Crippen molar-refractivity contribution >= 4 is 11.9 Å². The lowest BCUT2D eigenvalue weighted by atomic mass is 9.63. The molecule has 0 spiro atoms. The second kappa shape index (κ2) is 3.70. The van der Waals surface area contributed by atoms with E-state index in [4.69, 9.17) is 14.2 Å². The van der Waals surface area contributed by atoms with Crippen molar-refractivity contribution < 1.29 is 23.8 Å². The quantitative estimate of drug-likeness (QED) is 0.673. The van der Waals surface area contributed by atoms with Gasteiger partial charge >= 0.3 is 11.9 Å². The Labute approximate surface area is 100 Å². The monoisotopic (exact) mass is 242 g/mol. The molecule has 0 amide bonds. The third-order valence-electron chi connectivity index (χ3n) is 4.26. The molecule has 0 aromatic carbocycles. The molecule has 4 unspecified atom stereocenters. The topological polar surface area (TPSA) is 61.8 Å². The second-order valence-electron chi connectivity index (χ2n) is 5.19. The summed E-state index contributed by atoms with van der Waals surface area (Å²) in [4.78, 5) is 23.9. The Hall–Kier alpha value is -1.10. The van der Waals surface area contributed by atoms with Crippen LogP contribution in [0.15, 0.2) is 0 Å². The zero-order valence-electron chi connectivity index (χ0n) is 10.6. The SMILES string of the molecule is COC(=O)C1C2(C)CCC(O2)C1(C)C(=O)OC. The van der Waals surface area contributed by atoms with Gasteiger partial charge < -0.3 is 14.2 Å². The number of ether oxygens (including phenoxy) is 3. The maximum absolute atomic E-state index is 12.0. The van der Waals surface area contributed by atoms with E-state index in [1.165, 1.54) is 14.2 Å². The Balaban J connectivity index is 2.44. The van der Waals surface area contributed by atoms with Crippen molar-refractivity contribution in [2.75, 3.05) is 14.2 Å². The zero-order chi connectivity index (χ0) is 12.8. The average molecular weight is 242 g/mol. The van der Waals surface area contributed by atoms with E-state index in [0.29, 0.717) is 0 Å².